The van der Waals surface area contributed by atoms with Gasteiger partial charge in [0.05, 0.1) is 22.5 Å². The Kier molecular flexibility index (Phi) is 9.14. The number of phenolic OH excluding ortho intramolecular Hbond substituents is 1. The molecule has 0 unspecified atom stereocenters. The number of carbonyl (C=O) groups is 1. The lowest BCUT2D eigenvalue weighted by Crippen LogP contribution is -2.27. The van der Waals surface area contributed by atoms with E-state index in [1.807, 2.05) is 24.4 Å². The molecule has 0 aliphatic heterocycles. The SMILES string of the molecule is C=C(NC(=O)c1cc(C(F)(F)F)cc(C(F)(F)F)c1)Nc1cccc(N)c1O.C=C/C=C\C. The predicted octanol–water partition coefficient (Wildman–Crippen LogP) is 6.07. The van der Waals surface area contributed by atoms with Crippen LogP contribution in [0.5, 0.6) is 5.75 Å². The van der Waals surface area contributed by atoms with Gasteiger partial charge in [0.2, 0.25) is 0 Å². The number of hydrogen-bond donors (Lipinski definition) is 4. The molecule has 33 heavy (non-hydrogen) atoms. The topological polar surface area (TPSA) is 87.4 Å². The number of nitrogen functional groups attached to an aromatic ring is 1. The van der Waals surface area contributed by atoms with Gasteiger partial charge in [-0.15, -0.1) is 0 Å². The van der Waals surface area contributed by atoms with Crippen molar-refractivity contribution in [3.05, 3.63) is 90.3 Å². The summed E-state index contributed by atoms with van der Waals surface area (Å²) in [6, 6.07) is 4.67. The lowest BCUT2D eigenvalue weighted by Gasteiger charge is -2.16. The highest BCUT2D eigenvalue weighted by molar-refractivity contribution is 5.96. The van der Waals surface area contributed by atoms with E-state index < -0.39 is 35.0 Å². The Morgan fingerprint density at radius 3 is 2.03 bits per heavy atom. The number of nitrogens with two attached hydrogens (primary N) is 1. The van der Waals surface area contributed by atoms with Crippen molar-refractivity contribution in [3.63, 3.8) is 0 Å². The molecule has 0 bridgehead atoms. The van der Waals surface area contributed by atoms with E-state index in [4.69, 9.17) is 5.73 Å². The monoisotopic (exact) mass is 473 g/mol. The number of phenols is 1. The third-order valence-corrected chi connectivity index (χ3v) is 3.80. The maximum atomic E-state index is 12.9. The number of anilines is 2. The summed E-state index contributed by atoms with van der Waals surface area (Å²) in [5.74, 6) is -1.95. The van der Waals surface area contributed by atoms with Crippen molar-refractivity contribution in [2.24, 2.45) is 0 Å². The van der Waals surface area contributed by atoms with Gasteiger partial charge in [-0.3, -0.25) is 4.79 Å². The largest absolute Gasteiger partial charge is 0.504 e. The number of para-hydroxylation sites is 1. The van der Waals surface area contributed by atoms with E-state index in [0.717, 1.165) is 0 Å². The number of halogens is 6. The molecular weight excluding hydrogens is 452 g/mol. The van der Waals surface area contributed by atoms with E-state index >= 15 is 0 Å². The molecule has 0 aliphatic rings. The number of carbonyl (C=O) groups excluding carboxylic acids is 1. The fourth-order valence-corrected chi connectivity index (χ4v) is 2.29. The van der Waals surface area contributed by atoms with Crippen LogP contribution < -0.4 is 16.4 Å². The molecule has 0 aliphatic carbocycles. The molecule has 0 atom stereocenters. The molecule has 178 valence electrons. The maximum absolute atomic E-state index is 12.9. The van der Waals surface area contributed by atoms with Crippen LogP contribution in [0.3, 0.4) is 0 Å². The van der Waals surface area contributed by atoms with Gasteiger partial charge >= 0.3 is 12.4 Å². The molecular formula is C22H21F6N3O2. The van der Waals surface area contributed by atoms with Crippen LogP contribution in [0.2, 0.25) is 0 Å². The molecule has 2 aromatic rings. The van der Waals surface area contributed by atoms with Crippen molar-refractivity contribution in [3.8, 4) is 5.75 Å². The minimum atomic E-state index is -5.08. The summed E-state index contributed by atoms with van der Waals surface area (Å²) in [4.78, 5) is 12.1. The third-order valence-electron chi connectivity index (χ3n) is 3.80. The number of benzene rings is 2. The number of allylic oxidation sites excluding steroid dienone is 3. The van der Waals surface area contributed by atoms with Crippen LogP contribution in [0.15, 0.2) is 73.6 Å². The quantitative estimate of drug-likeness (QED) is 0.184. The van der Waals surface area contributed by atoms with E-state index in [1.165, 1.54) is 18.2 Å². The molecule has 11 heteroatoms. The Morgan fingerprint density at radius 1 is 1.06 bits per heavy atom. The highest BCUT2D eigenvalue weighted by Gasteiger charge is 2.37. The van der Waals surface area contributed by atoms with E-state index in [-0.39, 0.29) is 41.1 Å². The Labute approximate surface area is 185 Å². The van der Waals surface area contributed by atoms with Crippen LogP contribution in [0.25, 0.3) is 0 Å². The average molecular weight is 473 g/mol. The third kappa shape index (κ3) is 8.28. The first-order valence-corrected chi connectivity index (χ1v) is 9.08. The minimum Gasteiger partial charge on any atom is -0.504 e. The molecule has 5 nitrogen and oxygen atoms in total. The van der Waals surface area contributed by atoms with Crippen LogP contribution in [-0.4, -0.2) is 11.0 Å². The summed E-state index contributed by atoms with van der Waals surface area (Å²) < 4.78 is 77.2. The highest BCUT2D eigenvalue weighted by atomic mass is 19.4. The van der Waals surface area contributed by atoms with Gasteiger partial charge in [-0.25, -0.2) is 0 Å². The van der Waals surface area contributed by atoms with Gasteiger partial charge in [0.1, 0.15) is 5.82 Å². The van der Waals surface area contributed by atoms with E-state index in [2.05, 4.69) is 18.5 Å². The zero-order chi connectivity index (χ0) is 25.4. The molecule has 2 aromatic carbocycles. The van der Waals surface area contributed by atoms with Gasteiger partial charge in [0.15, 0.2) is 5.75 Å². The van der Waals surface area contributed by atoms with Crippen molar-refractivity contribution < 1.29 is 36.2 Å². The summed E-state index contributed by atoms with van der Waals surface area (Å²) in [5, 5.41) is 14.2. The second-order valence-electron chi connectivity index (χ2n) is 6.36. The number of hydrogen-bond acceptors (Lipinski definition) is 4. The molecule has 1 amide bonds. The van der Waals surface area contributed by atoms with Crippen molar-refractivity contribution in [2.45, 2.75) is 19.3 Å². The molecule has 0 saturated carbocycles. The van der Waals surface area contributed by atoms with Crippen molar-refractivity contribution in [1.82, 2.24) is 5.32 Å². The second kappa shape index (κ2) is 11.1. The van der Waals surface area contributed by atoms with Crippen molar-refractivity contribution in [1.29, 1.82) is 0 Å². The molecule has 2 rings (SSSR count). The summed E-state index contributed by atoms with van der Waals surface area (Å²) in [6.45, 7) is 8.81. The van der Waals surface area contributed by atoms with Crippen molar-refractivity contribution >= 4 is 17.3 Å². The lowest BCUT2D eigenvalue weighted by atomic mass is 10.0. The fraction of sp³-hybridized carbons (Fsp3) is 0.136. The van der Waals surface area contributed by atoms with Gasteiger partial charge in [-0.1, -0.05) is 37.5 Å². The minimum absolute atomic E-state index is 0.00294. The van der Waals surface area contributed by atoms with E-state index in [1.54, 1.807) is 6.08 Å². The van der Waals surface area contributed by atoms with Gasteiger partial charge in [0, 0.05) is 5.56 Å². The standard InChI is InChI=1S/C17H13F6N3O2.C5H8/c1-8(25-13-4-2-3-12(24)14(13)27)26-15(28)9-5-10(16(18,19)20)7-11(6-9)17(21,22)23;1-3-5-4-2/h2-7,25,27H,1,24H2,(H,26,28);3-5H,1H2,2H3/b;5-4-. The molecule has 0 radical (unpaired) electrons. The molecule has 0 saturated heterocycles. The maximum Gasteiger partial charge on any atom is 0.416 e. The smallest absolute Gasteiger partial charge is 0.416 e. The highest BCUT2D eigenvalue weighted by Crippen LogP contribution is 2.36. The summed E-state index contributed by atoms with van der Waals surface area (Å²) in [7, 11) is 0. The first-order chi connectivity index (χ1) is 15.2. The Morgan fingerprint density at radius 2 is 1.61 bits per heavy atom. The summed E-state index contributed by atoms with van der Waals surface area (Å²) >= 11 is 0. The van der Waals surface area contributed by atoms with E-state index in [9.17, 15) is 36.2 Å². The number of alkyl halides is 6. The lowest BCUT2D eigenvalue weighted by molar-refractivity contribution is -0.143. The van der Waals surface area contributed by atoms with Crippen LogP contribution in [0, 0.1) is 0 Å². The molecule has 0 fully saturated rings. The first-order valence-electron chi connectivity index (χ1n) is 9.08. The fourth-order valence-electron chi connectivity index (χ4n) is 2.29. The summed E-state index contributed by atoms with van der Waals surface area (Å²) in [6.07, 6.45) is -4.59. The summed E-state index contributed by atoms with van der Waals surface area (Å²) in [5.41, 5.74) is 1.38. The first kappa shape index (κ1) is 27.1. The van der Waals surface area contributed by atoms with Crippen LogP contribution >= 0.6 is 0 Å². The second-order valence-corrected chi connectivity index (χ2v) is 6.36. The number of amides is 1. The van der Waals surface area contributed by atoms with Gasteiger partial charge in [-0.05, 0) is 37.3 Å². The number of rotatable bonds is 5. The van der Waals surface area contributed by atoms with Crippen LogP contribution in [0.4, 0.5) is 37.7 Å². The predicted molar refractivity (Wildman–Crippen MR) is 114 cm³/mol. The molecule has 0 spiro atoms. The number of nitrogens with one attached hydrogen (secondary N) is 2. The van der Waals surface area contributed by atoms with Gasteiger partial charge in [0.25, 0.3) is 5.91 Å². The zero-order valence-electron chi connectivity index (χ0n) is 17.3. The van der Waals surface area contributed by atoms with Crippen molar-refractivity contribution in [2.75, 3.05) is 11.1 Å². The molecule has 5 N–H and O–H groups in total. The Balaban J connectivity index is 0.000000981. The Bertz CT molecular complexity index is 1010. The van der Waals surface area contributed by atoms with E-state index in [0.29, 0.717) is 0 Å². The van der Waals surface area contributed by atoms with Crippen LogP contribution in [-0.2, 0) is 12.4 Å². The normalized spacial score (nSPS) is 11.4. The molecule has 0 aromatic heterocycles. The molecule has 0 heterocycles. The number of aromatic hydroxyl groups is 1. The zero-order valence-corrected chi connectivity index (χ0v) is 17.3. The van der Waals surface area contributed by atoms with Crippen LogP contribution in [0.1, 0.15) is 28.4 Å². The average Bonchev–Trinajstić information content (AvgIpc) is 2.71. The van der Waals surface area contributed by atoms with Gasteiger partial charge < -0.3 is 21.5 Å². The Hall–Kier alpha value is -3.89. The van der Waals surface area contributed by atoms with Gasteiger partial charge in [-0.2, -0.15) is 26.3 Å².